The summed E-state index contributed by atoms with van der Waals surface area (Å²) < 4.78 is 74.9. The number of alkyl halides is 3. The highest BCUT2D eigenvalue weighted by atomic mass is 35.5. The number of hydrogen-bond acceptors (Lipinski definition) is 6. The van der Waals surface area contributed by atoms with E-state index in [0.717, 1.165) is 31.6 Å². The minimum Gasteiger partial charge on any atom is -0.480 e. The summed E-state index contributed by atoms with van der Waals surface area (Å²) in [4.78, 5) is 10.5. The van der Waals surface area contributed by atoms with Gasteiger partial charge in [-0.1, -0.05) is 23.2 Å². The maximum Gasteiger partial charge on any atom is 0.416 e. The van der Waals surface area contributed by atoms with E-state index in [1.807, 2.05) is 0 Å². The normalized spacial score (nSPS) is 12.6. The van der Waals surface area contributed by atoms with Crippen molar-refractivity contribution in [2.75, 3.05) is 13.4 Å². The predicted octanol–water partition coefficient (Wildman–Crippen LogP) is 5.07. The first-order chi connectivity index (χ1) is 13.7. The summed E-state index contributed by atoms with van der Waals surface area (Å²) in [6, 6.07) is 4.28. The van der Waals surface area contributed by atoms with Crippen molar-refractivity contribution >= 4 is 44.8 Å². The van der Waals surface area contributed by atoms with E-state index < -0.39 is 48.3 Å². The van der Waals surface area contributed by atoms with Gasteiger partial charge in [-0.3, -0.25) is 10.1 Å². The maximum absolute atomic E-state index is 12.8. The van der Waals surface area contributed by atoms with E-state index in [-0.39, 0.29) is 17.1 Å². The Morgan fingerprint density at radius 2 is 1.73 bits per heavy atom. The van der Waals surface area contributed by atoms with E-state index in [1.54, 1.807) is 0 Å². The molecule has 0 aromatic heterocycles. The lowest BCUT2D eigenvalue weighted by molar-refractivity contribution is -0.385. The minimum absolute atomic E-state index is 0.155. The summed E-state index contributed by atoms with van der Waals surface area (Å²) >= 11 is 11.7. The molecule has 0 unspecified atom stereocenters. The van der Waals surface area contributed by atoms with Crippen molar-refractivity contribution in [3.63, 3.8) is 0 Å². The molecule has 0 fully saturated rings. The molecule has 0 bridgehead atoms. The van der Waals surface area contributed by atoms with E-state index >= 15 is 0 Å². The van der Waals surface area contributed by atoms with Crippen LogP contribution >= 0.6 is 23.2 Å². The smallest absolute Gasteiger partial charge is 0.416 e. The molecule has 0 saturated heterocycles. The number of nitro benzene ring substituents is 1. The van der Waals surface area contributed by atoms with Crippen LogP contribution in [-0.2, 0) is 20.9 Å². The SMILES string of the molecule is COC(=NS(C)(=O)=O)c1cc(Oc2c(Cl)cc(C(F)(F)F)cc2Cl)ccc1[N+](=O)[O-]. The third-order valence-electron chi connectivity index (χ3n) is 3.38. The Bertz CT molecular complexity index is 1110. The van der Waals surface area contributed by atoms with Crippen molar-refractivity contribution in [2.45, 2.75) is 6.18 Å². The highest BCUT2D eigenvalue weighted by Gasteiger charge is 2.32. The monoisotopic (exact) mass is 486 g/mol. The number of methoxy groups -OCH3 is 1. The second-order valence-corrected chi connectivity index (χ2v) is 8.10. The lowest BCUT2D eigenvalue weighted by Crippen LogP contribution is -2.10. The van der Waals surface area contributed by atoms with Crippen LogP contribution in [0.1, 0.15) is 11.1 Å². The van der Waals surface area contributed by atoms with Gasteiger partial charge in [-0.05, 0) is 18.2 Å². The molecule has 0 aliphatic carbocycles. The van der Waals surface area contributed by atoms with Gasteiger partial charge in [0.2, 0.25) is 5.90 Å². The molecule has 0 aliphatic rings. The number of ether oxygens (including phenoxy) is 2. The first-order valence-electron chi connectivity index (χ1n) is 7.59. The van der Waals surface area contributed by atoms with Gasteiger partial charge in [0.25, 0.3) is 15.7 Å². The minimum atomic E-state index is -4.69. The third kappa shape index (κ3) is 5.74. The van der Waals surface area contributed by atoms with Gasteiger partial charge >= 0.3 is 6.18 Å². The third-order valence-corrected chi connectivity index (χ3v) is 4.44. The fourth-order valence-corrected chi connectivity index (χ4v) is 3.23. The summed E-state index contributed by atoms with van der Waals surface area (Å²) in [5.74, 6) is -1.10. The summed E-state index contributed by atoms with van der Waals surface area (Å²) in [7, 11) is -2.93. The fourth-order valence-electron chi connectivity index (χ4n) is 2.20. The molecule has 0 N–H and O–H groups in total. The highest BCUT2D eigenvalue weighted by molar-refractivity contribution is 7.89. The molecular weight excluding hydrogens is 476 g/mol. The second-order valence-electron chi connectivity index (χ2n) is 5.64. The Morgan fingerprint density at radius 3 is 2.17 bits per heavy atom. The number of halogens is 5. The van der Waals surface area contributed by atoms with Gasteiger partial charge < -0.3 is 9.47 Å². The first-order valence-corrected chi connectivity index (χ1v) is 10.2. The number of sulfonamides is 1. The van der Waals surface area contributed by atoms with E-state index in [9.17, 15) is 31.7 Å². The van der Waals surface area contributed by atoms with Gasteiger partial charge in [-0.15, -0.1) is 4.40 Å². The Morgan fingerprint density at radius 1 is 1.17 bits per heavy atom. The summed E-state index contributed by atoms with van der Waals surface area (Å²) in [5.41, 5.74) is -2.02. The Kier molecular flexibility index (Phi) is 6.84. The summed E-state index contributed by atoms with van der Waals surface area (Å²) in [6.45, 7) is 0. The quantitative estimate of drug-likeness (QED) is 0.252. The van der Waals surface area contributed by atoms with E-state index in [2.05, 4.69) is 4.40 Å². The fraction of sp³-hybridized carbons (Fsp3) is 0.188. The molecule has 8 nitrogen and oxygen atoms in total. The summed E-state index contributed by atoms with van der Waals surface area (Å²) in [6.07, 6.45) is -3.94. The van der Waals surface area contributed by atoms with Crippen molar-refractivity contribution in [1.82, 2.24) is 0 Å². The van der Waals surface area contributed by atoms with Crippen LogP contribution in [-0.4, -0.2) is 32.6 Å². The van der Waals surface area contributed by atoms with E-state index in [0.29, 0.717) is 12.1 Å². The molecule has 0 atom stereocenters. The molecule has 0 amide bonds. The van der Waals surface area contributed by atoms with E-state index in [1.165, 1.54) is 0 Å². The van der Waals surface area contributed by atoms with Crippen LogP contribution in [0.4, 0.5) is 18.9 Å². The molecule has 0 heterocycles. The zero-order valence-corrected chi connectivity index (χ0v) is 17.4. The Labute approximate surface area is 178 Å². The number of nitro groups is 1. The average Bonchev–Trinajstić information content (AvgIpc) is 2.60. The standard InChI is InChI=1S/C16H11Cl2F3N2O6S/c1-28-15(22-30(2,26)27)10-7-9(3-4-13(10)23(24)25)29-14-11(17)5-8(6-12(14)18)16(19,20)21/h3-7H,1-2H3. The zero-order valence-electron chi connectivity index (χ0n) is 15.0. The van der Waals surface area contributed by atoms with Gasteiger partial charge in [-0.25, -0.2) is 8.42 Å². The Hall–Kier alpha value is -2.57. The van der Waals surface area contributed by atoms with Crippen LogP contribution < -0.4 is 4.74 Å². The van der Waals surface area contributed by atoms with E-state index in [4.69, 9.17) is 32.7 Å². The Balaban J connectivity index is 2.58. The molecule has 0 spiro atoms. The molecule has 30 heavy (non-hydrogen) atoms. The van der Waals surface area contributed by atoms with Crippen LogP contribution in [0.2, 0.25) is 10.0 Å². The van der Waals surface area contributed by atoms with Crippen molar-refractivity contribution in [3.8, 4) is 11.5 Å². The molecule has 0 saturated carbocycles. The lowest BCUT2D eigenvalue weighted by Gasteiger charge is -2.14. The molecular formula is C16H11Cl2F3N2O6S. The van der Waals surface area contributed by atoms with Crippen LogP contribution in [0.3, 0.4) is 0 Å². The van der Waals surface area contributed by atoms with Gasteiger partial charge in [0.05, 0.1) is 33.9 Å². The molecule has 0 radical (unpaired) electrons. The number of nitrogens with zero attached hydrogens (tertiary/aromatic N) is 2. The van der Waals surface area contributed by atoms with Gasteiger partial charge in [0.15, 0.2) is 5.75 Å². The molecule has 2 rings (SSSR count). The maximum atomic E-state index is 12.8. The lowest BCUT2D eigenvalue weighted by atomic mass is 10.1. The predicted molar refractivity (Wildman–Crippen MR) is 103 cm³/mol. The number of hydrogen-bond donors (Lipinski definition) is 0. The molecule has 14 heteroatoms. The van der Waals surface area contributed by atoms with Crippen molar-refractivity contribution in [3.05, 3.63) is 61.6 Å². The van der Waals surface area contributed by atoms with Gasteiger partial charge in [0.1, 0.15) is 11.3 Å². The van der Waals surface area contributed by atoms with Crippen LogP contribution in [0.15, 0.2) is 34.7 Å². The molecule has 162 valence electrons. The first kappa shape index (κ1) is 23.7. The number of rotatable bonds is 5. The van der Waals surface area contributed by atoms with Crippen molar-refractivity contribution < 1.29 is 36.0 Å². The summed E-state index contributed by atoms with van der Waals surface area (Å²) in [5, 5.41) is 10.3. The largest absolute Gasteiger partial charge is 0.480 e. The second kappa shape index (κ2) is 8.66. The van der Waals surface area contributed by atoms with Crippen LogP contribution in [0.25, 0.3) is 0 Å². The molecule has 0 aliphatic heterocycles. The zero-order chi connectivity index (χ0) is 22.9. The molecule has 2 aromatic carbocycles. The number of benzene rings is 2. The van der Waals surface area contributed by atoms with Crippen molar-refractivity contribution in [2.24, 2.45) is 4.40 Å². The highest BCUT2D eigenvalue weighted by Crippen LogP contribution is 2.42. The van der Waals surface area contributed by atoms with Crippen molar-refractivity contribution in [1.29, 1.82) is 0 Å². The van der Waals surface area contributed by atoms with Crippen LogP contribution in [0, 0.1) is 10.1 Å². The molecule has 2 aromatic rings. The van der Waals surface area contributed by atoms with Crippen LogP contribution in [0.5, 0.6) is 11.5 Å². The average molecular weight is 487 g/mol. The topological polar surface area (TPSA) is 108 Å². The van der Waals surface area contributed by atoms with Gasteiger partial charge in [0, 0.05) is 12.1 Å². The van der Waals surface area contributed by atoms with Gasteiger partial charge in [-0.2, -0.15) is 13.2 Å².